The first-order chi connectivity index (χ1) is 12.2. The number of carbonyl (C=O) groups excluding carboxylic acids is 1. The molecule has 0 unspecified atom stereocenters. The molecule has 0 saturated carbocycles. The minimum absolute atomic E-state index is 0.226. The highest BCUT2D eigenvalue weighted by Gasteiger charge is 2.17. The van der Waals surface area contributed by atoms with E-state index in [9.17, 15) is 4.79 Å². The molecule has 1 aliphatic carbocycles. The van der Waals surface area contributed by atoms with E-state index in [1.165, 1.54) is 0 Å². The van der Waals surface area contributed by atoms with Gasteiger partial charge in [0.2, 0.25) is 11.8 Å². The first-order valence-corrected chi connectivity index (χ1v) is 8.49. The lowest BCUT2D eigenvalue weighted by Crippen LogP contribution is -2.11. The number of rotatable bonds is 4. The Morgan fingerprint density at radius 2 is 1.96 bits per heavy atom. The summed E-state index contributed by atoms with van der Waals surface area (Å²) < 4.78 is 5.75. The second kappa shape index (κ2) is 6.51. The quantitative estimate of drug-likeness (QED) is 0.776. The van der Waals surface area contributed by atoms with Crippen LogP contribution in [0.15, 0.2) is 46.9 Å². The Labute approximate surface area is 146 Å². The number of aromatic nitrogens is 2. The van der Waals surface area contributed by atoms with Gasteiger partial charge >= 0.3 is 0 Å². The number of carbonyl (C=O) groups is 1. The Morgan fingerprint density at radius 1 is 1.08 bits per heavy atom. The van der Waals surface area contributed by atoms with E-state index >= 15 is 0 Å². The SMILES string of the molecule is Cc1ccccc1-c1nnc(CNc2ccc3c(c2)C(=O)CCC3)o1. The predicted molar refractivity (Wildman–Crippen MR) is 95.5 cm³/mol. The third-order valence-corrected chi connectivity index (χ3v) is 4.55. The summed E-state index contributed by atoms with van der Waals surface area (Å²) in [5.74, 6) is 1.27. The number of benzene rings is 2. The summed E-state index contributed by atoms with van der Waals surface area (Å²) in [5, 5.41) is 11.5. The molecule has 0 saturated heterocycles. The van der Waals surface area contributed by atoms with Gasteiger partial charge in [0.25, 0.3) is 0 Å². The van der Waals surface area contributed by atoms with E-state index in [1.54, 1.807) is 0 Å². The zero-order valence-corrected chi connectivity index (χ0v) is 14.1. The minimum Gasteiger partial charge on any atom is -0.419 e. The van der Waals surface area contributed by atoms with E-state index in [1.807, 2.05) is 49.4 Å². The Hall–Kier alpha value is -2.95. The highest BCUT2D eigenvalue weighted by Crippen LogP contribution is 2.25. The molecule has 0 bridgehead atoms. The average Bonchev–Trinajstić information content (AvgIpc) is 3.10. The first-order valence-electron chi connectivity index (χ1n) is 8.49. The van der Waals surface area contributed by atoms with Crippen molar-refractivity contribution in [2.24, 2.45) is 0 Å². The molecule has 0 aliphatic heterocycles. The first kappa shape index (κ1) is 15.6. The average molecular weight is 333 g/mol. The monoisotopic (exact) mass is 333 g/mol. The largest absolute Gasteiger partial charge is 0.419 e. The van der Waals surface area contributed by atoms with Crippen LogP contribution in [0.4, 0.5) is 5.69 Å². The van der Waals surface area contributed by atoms with Crippen molar-refractivity contribution in [3.8, 4) is 11.5 Å². The zero-order valence-electron chi connectivity index (χ0n) is 14.1. The van der Waals surface area contributed by atoms with E-state index in [0.29, 0.717) is 24.7 Å². The second-order valence-electron chi connectivity index (χ2n) is 6.32. The summed E-state index contributed by atoms with van der Waals surface area (Å²) >= 11 is 0. The summed E-state index contributed by atoms with van der Waals surface area (Å²) in [6, 6.07) is 13.9. The van der Waals surface area contributed by atoms with Crippen LogP contribution in [0.3, 0.4) is 0 Å². The molecule has 5 heteroatoms. The van der Waals surface area contributed by atoms with Gasteiger partial charge in [0, 0.05) is 23.2 Å². The second-order valence-corrected chi connectivity index (χ2v) is 6.32. The standard InChI is InChI=1S/C20H19N3O2/c1-13-5-2-3-7-16(13)20-23-22-19(25-20)12-21-15-10-9-14-6-4-8-18(24)17(14)11-15/h2-3,5,7,9-11,21H,4,6,8,12H2,1H3. The lowest BCUT2D eigenvalue weighted by molar-refractivity contribution is 0.0972. The summed E-state index contributed by atoms with van der Waals surface area (Å²) in [6.45, 7) is 2.44. The van der Waals surface area contributed by atoms with Gasteiger partial charge in [-0.1, -0.05) is 24.3 Å². The normalized spacial score (nSPS) is 13.6. The predicted octanol–water partition coefficient (Wildman–Crippen LogP) is 4.18. The topological polar surface area (TPSA) is 68.0 Å². The fraction of sp³-hybridized carbons (Fsp3) is 0.250. The Balaban J connectivity index is 1.48. The highest BCUT2D eigenvalue weighted by atomic mass is 16.4. The van der Waals surface area contributed by atoms with Crippen molar-refractivity contribution in [1.82, 2.24) is 10.2 Å². The highest BCUT2D eigenvalue weighted by molar-refractivity contribution is 5.99. The fourth-order valence-corrected chi connectivity index (χ4v) is 3.16. The number of nitrogens with zero attached hydrogens (tertiary/aromatic N) is 2. The molecule has 1 heterocycles. The Bertz CT molecular complexity index is 930. The molecule has 3 aromatic rings. The number of fused-ring (bicyclic) bond motifs is 1. The van der Waals surface area contributed by atoms with Crippen molar-refractivity contribution in [3.63, 3.8) is 0 Å². The van der Waals surface area contributed by atoms with E-state index in [0.717, 1.165) is 40.8 Å². The van der Waals surface area contributed by atoms with Crippen LogP contribution in [0, 0.1) is 6.92 Å². The van der Waals surface area contributed by atoms with Crippen molar-refractivity contribution in [1.29, 1.82) is 0 Å². The van der Waals surface area contributed by atoms with Crippen molar-refractivity contribution >= 4 is 11.5 Å². The molecule has 25 heavy (non-hydrogen) atoms. The number of Topliss-reactive ketones (excluding diaryl/α,β-unsaturated/α-hetero) is 1. The molecule has 0 atom stereocenters. The molecule has 0 radical (unpaired) electrons. The number of nitrogens with one attached hydrogen (secondary N) is 1. The molecule has 5 nitrogen and oxygen atoms in total. The summed E-state index contributed by atoms with van der Waals surface area (Å²) in [6.07, 6.45) is 2.56. The van der Waals surface area contributed by atoms with Gasteiger partial charge in [-0.05, 0) is 49.1 Å². The number of hydrogen-bond acceptors (Lipinski definition) is 5. The number of anilines is 1. The van der Waals surface area contributed by atoms with E-state index in [2.05, 4.69) is 15.5 Å². The van der Waals surface area contributed by atoms with E-state index in [4.69, 9.17) is 4.42 Å². The van der Waals surface area contributed by atoms with Crippen LogP contribution in [0.1, 0.15) is 40.2 Å². The third kappa shape index (κ3) is 3.18. The van der Waals surface area contributed by atoms with Gasteiger partial charge in [-0.3, -0.25) is 4.79 Å². The van der Waals surface area contributed by atoms with Gasteiger partial charge in [-0.2, -0.15) is 0 Å². The molecule has 0 amide bonds. The Morgan fingerprint density at radius 3 is 2.84 bits per heavy atom. The molecule has 4 rings (SSSR count). The molecule has 0 spiro atoms. The van der Waals surface area contributed by atoms with Crippen LogP contribution in [-0.4, -0.2) is 16.0 Å². The summed E-state index contributed by atoms with van der Waals surface area (Å²) in [4.78, 5) is 12.0. The van der Waals surface area contributed by atoms with Crippen LogP contribution in [0.25, 0.3) is 11.5 Å². The van der Waals surface area contributed by atoms with Gasteiger partial charge < -0.3 is 9.73 Å². The molecule has 0 fully saturated rings. The minimum atomic E-state index is 0.226. The maximum Gasteiger partial charge on any atom is 0.248 e. The van der Waals surface area contributed by atoms with Crippen molar-refractivity contribution in [2.75, 3.05) is 5.32 Å². The lowest BCUT2D eigenvalue weighted by Gasteiger charge is -2.15. The van der Waals surface area contributed by atoms with Crippen LogP contribution in [0.5, 0.6) is 0 Å². The maximum atomic E-state index is 12.0. The number of ketones is 1. The molecule has 1 aliphatic rings. The maximum absolute atomic E-state index is 12.0. The number of aryl methyl sites for hydroxylation is 2. The van der Waals surface area contributed by atoms with Crippen LogP contribution >= 0.6 is 0 Å². The van der Waals surface area contributed by atoms with Gasteiger partial charge in [-0.25, -0.2) is 0 Å². The lowest BCUT2D eigenvalue weighted by atomic mass is 9.90. The molecule has 126 valence electrons. The fourth-order valence-electron chi connectivity index (χ4n) is 3.16. The molecule has 1 N–H and O–H groups in total. The van der Waals surface area contributed by atoms with E-state index < -0.39 is 0 Å². The van der Waals surface area contributed by atoms with Gasteiger partial charge in [0.1, 0.15) is 0 Å². The van der Waals surface area contributed by atoms with Crippen LogP contribution in [0.2, 0.25) is 0 Å². The van der Waals surface area contributed by atoms with Gasteiger partial charge in [-0.15, -0.1) is 10.2 Å². The molecular weight excluding hydrogens is 314 g/mol. The number of hydrogen-bond donors (Lipinski definition) is 1. The van der Waals surface area contributed by atoms with Crippen LogP contribution in [-0.2, 0) is 13.0 Å². The smallest absolute Gasteiger partial charge is 0.248 e. The van der Waals surface area contributed by atoms with Crippen molar-refractivity contribution in [2.45, 2.75) is 32.7 Å². The summed E-state index contributed by atoms with van der Waals surface area (Å²) in [5.41, 5.74) is 4.91. The molecule has 1 aromatic heterocycles. The van der Waals surface area contributed by atoms with Gasteiger partial charge in [0.05, 0.1) is 6.54 Å². The van der Waals surface area contributed by atoms with Crippen molar-refractivity contribution < 1.29 is 9.21 Å². The molecule has 2 aromatic carbocycles. The molecular formula is C20H19N3O2. The third-order valence-electron chi connectivity index (χ3n) is 4.55. The summed E-state index contributed by atoms with van der Waals surface area (Å²) in [7, 11) is 0. The van der Waals surface area contributed by atoms with Gasteiger partial charge in [0.15, 0.2) is 5.78 Å². The van der Waals surface area contributed by atoms with Crippen molar-refractivity contribution in [3.05, 3.63) is 65.0 Å². The Kier molecular flexibility index (Phi) is 4.06. The zero-order chi connectivity index (χ0) is 17.2. The van der Waals surface area contributed by atoms with E-state index in [-0.39, 0.29) is 5.78 Å². The van der Waals surface area contributed by atoms with Crippen LogP contribution < -0.4 is 5.32 Å².